The maximum absolute atomic E-state index is 11.5. The summed E-state index contributed by atoms with van der Waals surface area (Å²) in [7, 11) is 0. The summed E-state index contributed by atoms with van der Waals surface area (Å²) >= 11 is -1.25. The van der Waals surface area contributed by atoms with Crippen molar-refractivity contribution in [3.8, 4) is 0 Å². The molecule has 1 heterocycles. The van der Waals surface area contributed by atoms with E-state index in [0.29, 0.717) is 10.5 Å². The van der Waals surface area contributed by atoms with Crippen LogP contribution in [0.5, 0.6) is 0 Å². The lowest BCUT2D eigenvalue weighted by molar-refractivity contribution is 0.409. The van der Waals surface area contributed by atoms with Crippen LogP contribution in [0, 0.1) is 0 Å². The Kier molecular flexibility index (Phi) is 2.76. The second kappa shape index (κ2) is 4.40. The van der Waals surface area contributed by atoms with Crippen LogP contribution in [0.15, 0.2) is 46.4 Å². The molecule has 90 valence electrons. The Labute approximate surface area is 104 Å². The van der Waals surface area contributed by atoms with E-state index < -0.39 is 17.0 Å². The summed E-state index contributed by atoms with van der Waals surface area (Å²) in [6.45, 7) is 0. The smallest absolute Gasteiger partial charge is 0.211 e. The Morgan fingerprint density at radius 2 is 2.35 bits per heavy atom. The van der Waals surface area contributed by atoms with Crippen molar-refractivity contribution in [1.29, 1.82) is 0 Å². The summed E-state index contributed by atoms with van der Waals surface area (Å²) in [5.41, 5.74) is 12.1. The lowest BCUT2D eigenvalue weighted by Crippen LogP contribution is -2.49. The van der Waals surface area contributed by atoms with Gasteiger partial charge in [-0.2, -0.15) is 0 Å². The predicted molar refractivity (Wildman–Crippen MR) is 68.5 cm³/mol. The summed E-state index contributed by atoms with van der Waals surface area (Å²) in [6, 6.07) is 5.11. The van der Waals surface area contributed by atoms with Gasteiger partial charge in [0.25, 0.3) is 0 Å². The molecular formula is C11H14N4OS. The molecule has 0 aromatic heterocycles. The van der Waals surface area contributed by atoms with Crippen LogP contribution in [0.4, 0.5) is 0 Å². The number of amidine groups is 1. The van der Waals surface area contributed by atoms with Gasteiger partial charge < -0.3 is 15.6 Å². The van der Waals surface area contributed by atoms with Gasteiger partial charge in [-0.1, -0.05) is 12.1 Å². The van der Waals surface area contributed by atoms with E-state index in [0.717, 1.165) is 0 Å². The first-order chi connectivity index (χ1) is 8.44. The van der Waals surface area contributed by atoms with Crippen molar-refractivity contribution in [1.82, 2.24) is 5.32 Å². The Hall–Kier alpha value is -1.50. The molecule has 2 atom stereocenters. The number of hydrogen-bond acceptors (Lipinski definition) is 5. The maximum atomic E-state index is 11.5. The molecule has 0 amide bonds. The van der Waals surface area contributed by atoms with Gasteiger partial charge in [0.05, 0.1) is 1.37 Å². The molecule has 6 heteroatoms. The molecule has 1 aromatic rings. The molecule has 5 nitrogen and oxygen atoms in total. The Morgan fingerprint density at radius 3 is 3.00 bits per heavy atom. The van der Waals surface area contributed by atoms with Gasteiger partial charge >= 0.3 is 0 Å². The second-order valence-electron chi connectivity index (χ2n) is 3.66. The van der Waals surface area contributed by atoms with Crippen molar-refractivity contribution >= 4 is 17.0 Å². The van der Waals surface area contributed by atoms with Crippen LogP contribution in [-0.4, -0.2) is 16.6 Å². The average molecular weight is 251 g/mol. The highest BCUT2D eigenvalue weighted by atomic mass is 32.2. The molecule has 17 heavy (non-hydrogen) atoms. The van der Waals surface area contributed by atoms with E-state index in [9.17, 15) is 4.55 Å². The molecule has 0 spiro atoms. The third-order valence-electron chi connectivity index (χ3n) is 2.35. The third kappa shape index (κ3) is 2.44. The highest BCUT2D eigenvalue weighted by Gasteiger charge is 2.28. The highest BCUT2D eigenvalue weighted by Crippen LogP contribution is 2.22. The normalized spacial score (nSPS) is 25.8. The number of rotatable bonds is 2. The van der Waals surface area contributed by atoms with Gasteiger partial charge in [0.1, 0.15) is 12.1 Å². The number of nitrogens with zero attached hydrogens (tertiary/aromatic N) is 1. The van der Waals surface area contributed by atoms with Gasteiger partial charge in [-0.15, -0.1) is 0 Å². The molecular weight excluding hydrogens is 236 g/mol. The minimum absolute atomic E-state index is 0.111. The summed E-state index contributed by atoms with van der Waals surface area (Å²) < 4.78 is 19.6. The van der Waals surface area contributed by atoms with Crippen LogP contribution in [0.1, 0.15) is 6.93 Å². The monoisotopic (exact) mass is 251 g/mol. The van der Waals surface area contributed by atoms with Crippen LogP contribution in [-0.2, 0) is 17.0 Å². The third-order valence-corrected chi connectivity index (χ3v) is 3.21. The zero-order valence-electron chi connectivity index (χ0n) is 10.3. The van der Waals surface area contributed by atoms with Crippen LogP contribution in [0.25, 0.3) is 0 Å². The fourth-order valence-corrected chi connectivity index (χ4v) is 2.03. The van der Waals surface area contributed by atoms with E-state index in [1.54, 1.807) is 30.5 Å². The number of hydrogen-bond donors (Lipinski definition) is 3. The SMILES string of the molecule is [2H]c1c([S+](C)[O-])cccc1C1(N)N=C(N)C=CN1. The summed E-state index contributed by atoms with van der Waals surface area (Å²) in [6.07, 6.45) is 4.68. The lowest BCUT2D eigenvalue weighted by atomic mass is 10.1. The van der Waals surface area contributed by atoms with Crippen LogP contribution < -0.4 is 16.8 Å². The molecule has 0 aliphatic carbocycles. The number of nitrogens with one attached hydrogen (secondary N) is 1. The van der Waals surface area contributed by atoms with Crippen molar-refractivity contribution in [2.45, 2.75) is 10.7 Å². The van der Waals surface area contributed by atoms with Crippen molar-refractivity contribution in [2.24, 2.45) is 16.5 Å². The second-order valence-corrected chi connectivity index (χ2v) is 5.01. The first kappa shape index (κ1) is 10.6. The molecule has 1 aromatic carbocycles. The van der Waals surface area contributed by atoms with Crippen LogP contribution >= 0.6 is 0 Å². The molecule has 2 rings (SSSR count). The van der Waals surface area contributed by atoms with E-state index in [4.69, 9.17) is 12.8 Å². The zero-order valence-corrected chi connectivity index (χ0v) is 10.1. The van der Waals surface area contributed by atoms with E-state index in [1.165, 1.54) is 6.26 Å². The zero-order chi connectivity index (χ0) is 13.3. The highest BCUT2D eigenvalue weighted by molar-refractivity contribution is 7.90. The fourth-order valence-electron chi connectivity index (χ4n) is 1.50. The maximum Gasteiger partial charge on any atom is 0.211 e. The van der Waals surface area contributed by atoms with Gasteiger partial charge in [0, 0.05) is 17.8 Å². The standard InChI is InChI=1S/C11H14N4OS/c1-17(16)9-4-2-3-8(7-9)11(13)14-6-5-10(12)15-11/h2-7,14H,13H2,1H3,(H2,12,15)/i7D. The van der Waals surface area contributed by atoms with E-state index >= 15 is 0 Å². The van der Waals surface area contributed by atoms with Gasteiger partial charge in [-0.05, 0) is 23.3 Å². The fraction of sp³-hybridized carbons (Fsp3) is 0.182. The van der Waals surface area contributed by atoms with E-state index in [2.05, 4.69) is 10.3 Å². The molecule has 0 radical (unpaired) electrons. The molecule has 0 bridgehead atoms. The number of benzene rings is 1. The summed E-state index contributed by atoms with van der Waals surface area (Å²) in [5.74, 6) is -1.01. The first-order valence-corrected chi connectivity index (χ1v) is 6.52. The quantitative estimate of drug-likeness (QED) is 0.642. The van der Waals surface area contributed by atoms with Gasteiger partial charge in [-0.3, -0.25) is 5.73 Å². The van der Waals surface area contributed by atoms with E-state index in [-0.39, 0.29) is 11.9 Å². The molecule has 0 saturated heterocycles. The lowest BCUT2D eigenvalue weighted by Gasteiger charge is -2.28. The van der Waals surface area contributed by atoms with Crippen LogP contribution in [0.2, 0.25) is 0 Å². The first-order valence-electron chi connectivity index (χ1n) is 5.46. The van der Waals surface area contributed by atoms with Gasteiger partial charge in [0.2, 0.25) is 5.79 Å². The van der Waals surface area contributed by atoms with Gasteiger partial charge in [-0.25, -0.2) is 4.99 Å². The van der Waals surface area contributed by atoms with Crippen molar-refractivity contribution < 1.29 is 5.92 Å². The Balaban J connectivity index is 2.52. The minimum Gasteiger partial charge on any atom is -0.612 e. The molecule has 0 saturated carbocycles. The van der Waals surface area contributed by atoms with Crippen LogP contribution in [0.3, 0.4) is 0 Å². The van der Waals surface area contributed by atoms with Crippen molar-refractivity contribution in [3.05, 3.63) is 42.1 Å². The number of aliphatic imine (C=N–C) groups is 1. The topological polar surface area (TPSA) is 99.5 Å². The Morgan fingerprint density at radius 1 is 1.59 bits per heavy atom. The van der Waals surface area contributed by atoms with Crippen molar-refractivity contribution in [3.63, 3.8) is 0 Å². The van der Waals surface area contributed by atoms with E-state index in [1.807, 2.05) is 0 Å². The molecule has 5 N–H and O–H groups in total. The Bertz CT molecular complexity index is 532. The molecule has 1 aliphatic rings. The van der Waals surface area contributed by atoms with Gasteiger partial charge in [0.15, 0.2) is 4.90 Å². The van der Waals surface area contributed by atoms with Crippen molar-refractivity contribution in [2.75, 3.05) is 6.26 Å². The summed E-state index contributed by atoms with van der Waals surface area (Å²) in [4.78, 5) is 4.52. The molecule has 2 unspecified atom stereocenters. The largest absolute Gasteiger partial charge is 0.612 e. The molecule has 0 fully saturated rings. The number of nitrogens with two attached hydrogens (primary N) is 2. The summed E-state index contributed by atoms with van der Waals surface area (Å²) in [5, 5.41) is 2.86. The average Bonchev–Trinajstić information content (AvgIpc) is 2.28. The predicted octanol–water partition coefficient (Wildman–Crippen LogP) is -0.0329. The minimum atomic E-state index is -1.29. The molecule has 1 aliphatic heterocycles.